The number of hydrogen-bond acceptors (Lipinski definition) is 8. The van der Waals surface area contributed by atoms with Gasteiger partial charge in [-0.15, -0.1) is 0 Å². The van der Waals surface area contributed by atoms with Crippen LogP contribution in [-0.2, 0) is 38.1 Å². The first kappa shape index (κ1) is 21.9. The zero-order chi connectivity index (χ0) is 17.7. The summed E-state index contributed by atoms with van der Waals surface area (Å²) in [5, 5.41) is 0. The van der Waals surface area contributed by atoms with Crippen molar-refractivity contribution in [3.8, 4) is 0 Å². The van der Waals surface area contributed by atoms with E-state index in [-0.39, 0.29) is 18.4 Å². The van der Waals surface area contributed by atoms with E-state index in [1.165, 1.54) is 28.4 Å². The van der Waals surface area contributed by atoms with Gasteiger partial charge in [0, 0.05) is 5.57 Å². The Labute approximate surface area is 129 Å². The van der Waals surface area contributed by atoms with Crippen LogP contribution in [0.25, 0.3) is 0 Å². The van der Waals surface area contributed by atoms with Gasteiger partial charge in [-0.25, -0.2) is 4.79 Å². The fourth-order valence-electron chi connectivity index (χ4n) is 1.08. The Morgan fingerprint density at radius 3 is 1.73 bits per heavy atom. The van der Waals surface area contributed by atoms with Gasteiger partial charge in [-0.2, -0.15) is 0 Å². The molecule has 0 amide bonds. The van der Waals surface area contributed by atoms with E-state index in [0.29, 0.717) is 0 Å². The molecule has 8 nitrogen and oxygen atoms in total. The van der Waals surface area contributed by atoms with E-state index in [2.05, 4.69) is 25.5 Å². The minimum Gasteiger partial charge on any atom is -0.469 e. The number of methoxy groups -OCH3 is 4. The predicted octanol–water partition coefficient (Wildman–Crippen LogP) is 0.637. The molecular weight excluding hydrogens is 296 g/mol. The van der Waals surface area contributed by atoms with Crippen molar-refractivity contribution in [3.05, 3.63) is 12.2 Å². The molecule has 0 aliphatic carbocycles. The molecule has 0 N–H and O–H groups in total. The minimum atomic E-state index is -0.588. The number of carbonyl (C=O) groups is 4. The van der Waals surface area contributed by atoms with Gasteiger partial charge in [-0.05, 0) is 0 Å². The normalized spacial score (nSPS) is 10.2. The second kappa shape index (κ2) is 12.4. The standard InChI is InChI=1S/C7H12O4.C7H10O4/c2*1-5(7(9)11-3)4-6(8)10-2/h5H,4H2,1-3H3;1,4H2,2-3H3/t5-;/m0./s1. The van der Waals surface area contributed by atoms with E-state index >= 15 is 0 Å². The van der Waals surface area contributed by atoms with E-state index < -0.39 is 29.8 Å². The first-order chi connectivity index (χ1) is 10.2. The van der Waals surface area contributed by atoms with Gasteiger partial charge >= 0.3 is 23.9 Å². The fraction of sp³-hybridized carbons (Fsp3) is 0.571. The van der Waals surface area contributed by atoms with Gasteiger partial charge < -0.3 is 18.9 Å². The second-order valence-corrected chi connectivity index (χ2v) is 4.05. The molecule has 8 heteroatoms. The quantitative estimate of drug-likeness (QED) is 0.399. The highest BCUT2D eigenvalue weighted by atomic mass is 16.5. The van der Waals surface area contributed by atoms with Crippen molar-refractivity contribution in [1.29, 1.82) is 0 Å². The first-order valence-electron chi connectivity index (χ1n) is 6.20. The molecule has 0 spiro atoms. The van der Waals surface area contributed by atoms with Gasteiger partial charge in [0.1, 0.15) is 0 Å². The van der Waals surface area contributed by atoms with E-state index in [0.717, 1.165) is 0 Å². The third kappa shape index (κ3) is 10.4. The van der Waals surface area contributed by atoms with Crippen molar-refractivity contribution < 1.29 is 38.1 Å². The van der Waals surface area contributed by atoms with Crippen LogP contribution in [0.3, 0.4) is 0 Å². The SMILES string of the molecule is C=C(CC(=O)OC)C(=O)OC.COC(=O)C[C@H](C)C(=O)OC. The van der Waals surface area contributed by atoms with Crippen molar-refractivity contribution >= 4 is 23.9 Å². The van der Waals surface area contributed by atoms with Crippen LogP contribution in [0.2, 0.25) is 0 Å². The summed E-state index contributed by atoms with van der Waals surface area (Å²) in [7, 11) is 5.04. The van der Waals surface area contributed by atoms with Gasteiger partial charge in [0.05, 0.1) is 47.2 Å². The second-order valence-electron chi connectivity index (χ2n) is 4.05. The van der Waals surface area contributed by atoms with E-state index in [4.69, 9.17) is 0 Å². The summed E-state index contributed by atoms with van der Waals surface area (Å²) in [6.45, 7) is 4.95. The summed E-state index contributed by atoms with van der Waals surface area (Å²) < 4.78 is 17.4. The highest BCUT2D eigenvalue weighted by molar-refractivity contribution is 5.93. The lowest BCUT2D eigenvalue weighted by Gasteiger charge is -2.05. The lowest BCUT2D eigenvalue weighted by molar-refractivity contribution is -0.151. The van der Waals surface area contributed by atoms with Crippen LogP contribution >= 0.6 is 0 Å². The molecule has 0 radical (unpaired) electrons. The Morgan fingerprint density at radius 2 is 1.36 bits per heavy atom. The molecule has 0 saturated heterocycles. The minimum absolute atomic E-state index is 0.0726. The highest BCUT2D eigenvalue weighted by Crippen LogP contribution is 2.04. The first-order valence-corrected chi connectivity index (χ1v) is 6.20. The Kier molecular flexibility index (Phi) is 12.3. The molecule has 0 aliphatic heterocycles. The van der Waals surface area contributed by atoms with Crippen LogP contribution in [0, 0.1) is 5.92 Å². The van der Waals surface area contributed by atoms with Gasteiger partial charge in [-0.3, -0.25) is 14.4 Å². The molecule has 22 heavy (non-hydrogen) atoms. The average molecular weight is 318 g/mol. The summed E-state index contributed by atoms with van der Waals surface area (Å²) in [4.78, 5) is 42.5. The van der Waals surface area contributed by atoms with Gasteiger partial charge in [0.2, 0.25) is 0 Å². The van der Waals surface area contributed by atoms with E-state index in [9.17, 15) is 19.2 Å². The molecule has 0 rings (SSSR count). The number of rotatable bonds is 6. The van der Waals surface area contributed by atoms with E-state index in [1.54, 1.807) is 6.92 Å². The lowest BCUT2D eigenvalue weighted by Crippen LogP contribution is -2.17. The molecular formula is C14H22O8. The molecule has 0 aromatic heterocycles. The zero-order valence-corrected chi connectivity index (χ0v) is 13.5. The Hall–Kier alpha value is -2.38. The molecule has 0 heterocycles. The maximum absolute atomic E-state index is 10.7. The maximum Gasteiger partial charge on any atom is 0.333 e. The summed E-state index contributed by atoms with van der Waals surface area (Å²) in [5.74, 6) is -2.30. The summed E-state index contributed by atoms with van der Waals surface area (Å²) in [5.41, 5.74) is 0.0966. The van der Waals surface area contributed by atoms with Crippen LogP contribution < -0.4 is 0 Å². The van der Waals surface area contributed by atoms with Crippen molar-refractivity contribution in [1.82, 2.24) is 0 Å². The smallest absolute Gasteiger partial charge is 0.333 e. The van der Waals surface area contributed by atoms with Crippen molar-refractivity contribution in [2.45, 2.75) is 19.8 Å². The molecule has 1 atom stereocenters. The Morgan fingerprint density at radius 1 is 0.864 bits per heavy atom. The lowest BCUT2D eigenvalue weighted by atomic mass is 10.1. The molecule has 0 aromatic rings. The molecule has 0 bridgehead atoms. The number of esters is 4. The van der Waals surface area contributed by atoms with Crippen LogP contribution in [0.15, 0.2) is 12.2 Å². The van der Waals surface area contributed by atoms with Crippen LogP contribution in [0.1, 0.15) is 19.8 Å². The predicted molar refractivity (Wildman–Crippen MR) is 75.6 cm³/mol. The largest absolute Gasteiger partial charge is 0.469 e. The maximum atomic E-state index is 10.7. The van der Waals surface area contributed by atoms with Gasteiger partial charge in [0.15, 0.2) is 0 Å². The highest BCUT2D eigenvalue weighted by Gasteiger charge is 2.17. The Balaban J connectivity index is 0. The number of carbonyl (C=O) groups excluding carboxylic acids is 4. The molecule has 0 aliphatic rings. The summed E-state index contributed by atoms with van der Waals surface area (Å²) in [6, 6.07) is 0. The fourth-order valence-corrected chi connectivity index (χ4v) is 1.08. The molecule has 0 unspecified atom stereocenters. The zero-order valence-electron chi connectivity index (χ0n) is 13.5. The van der Waals surface area contributed by atoms with Crippen molar-refractivity contribution in [3.63, 3.8) is 0 Å². The number of ether oxygens (including phenoxy) is 4. The molecule has 0 fully saturated rings. The van der Waals surface area contributed by atoms with Crippen LogP contribution in [0.5, 0.6) is 0 Å². The average Bonchev–Trinajstić information content (AvgIpc) is 2.52. The van der Waals surface area contributed by atoms with Crippen molar-refractivity contribution in [2.75, 3.05) is 28.4 Å². The molecule has 126 valence electrons. The van der Waals surface area contributed by atoms with Gasteiger partial charge in [-0.1, -0.05) is 13.5 Å². The summed E-state index contributed by atoms with van der Waals surface area (Å²) in [6.07, 6.45) is -0.0493. The third-order valence-electron chi connectivity index (χ3n) is 2.36. The summed E-state index contributed by atoms with van der Waals surface area (Å²) >= 11 is 0. The van der Waals surface area contributed by atoms with E-state index in [1.807, 2.05) is 0 Å². The molecule has 0 aromatic carbocycles. The van der Waals surface area contributed by atoms with Crippen LogP contribution in [0.4, 0.5) is 0 Å². The monoisotopic (exact) mass is 318 g/mol. The van der Waals surface area contributed by atoms with Crippen LogP contribution in [-0.4, -0.2) is 52.3 Å². The topological polar surface area (TPSA) is 105 Å². The van der Waals surface area contributed by atoms with Crippen molar-refractivity contribution in [2.24, 2.45) is 5.92 Å². The molecule has 0 saturated carbocycles. The Bertz CT molecular complexity index is 413. The van der Waals surface area contributed by atoms with Gasteiger partial charge in [0.25, 0.3) is 0 Å². The third-order valence-corrected chi connectivity index (χ3v) is 2.36. The number of hydrogen-bond donors (Lipinski definition) is 0.